The lowest BCUT2D eigenvalue weighted by Gasteiger charge is -2.38. The topological polar surface area (TPSA) is 80.3 Å². The summed E-state index contributed by atoms with van der Waals surface area (Å²) in [5.74, 6) is -0.674. The minimum atomic E-state index is -2.00. The van der Waals surface area contributed by atoms with E-state index in [9.17, 15) is 9.90 Å². The van der Waals surface area contributed by atoms with E-state index in [2.05, 4.69) is 10.2 Å². The third-order valence-corrected chi connectivity index (χ3v) is 7.39. The molecule has 2 aromatic carbocycles. The van der Waals surface area contributed by atoms with Gasteiger partial charge in [0.05, 0.1) is 25.4 Å². The minimum Gasteiger partial charge on any atom is -0.392 e. The van der Waals surface area contributed by atoms with Crippen LogP contribution in [0.2, 0.25) is 0 Å². The molecular weight excluding hydrogens is 539 g/mol. The van der Waals surface area contributed by atoms with Crippen LogP contribution < -0.4 is 5.32 Å². The number of benzene rings is 2. The fourth-order valence-corrected chi connectivity index (χ4v) is 5.09. The van der Waals surface area contributed by atoms with E-state index < -0.39 is 16.0 Å². The Labute approximate surface area is 232 Å². The molecule has 0 unspecified atom stereocenters. The van der Waals surface area contributed by atoms with Crippen LogP contribution in [0.1, 0.15) is 53.9 Å². The lowest BCUT2D eigenvalue weighted by Crippen LogP contribution is -2.42. The normalized spacial score (nSPS) is 24.8. The van der Waals surface area contributed by atoms with Gasteiger partial charge in [0.2, 0.25) is 0 Å². The number of methoxy groups -OCH3 is 1. The lowest BCUT2D eigenvalue weighted by atomic mass is 9.99. The van der Waals surface area contributed by atoms with Crippen molar-refractivity contribution in [3.63, 3.8) is 0 Å². The SMILES string of the molecule is COC[C@@H]1CCCN1C[C@@H]1C[C@H](c2ccc(CO)cc2)O[C@H](c2ccc(CNC(=O)C(Cl)(Cl)Cl)cc2)O1. The highest BCUT2D eigenvalue weighted by Crippen LogP contribution is 2.38. The standard InChI is InChI=1S/C27H33Cl3N2O5/c1-35-17-22-3-2-12-32(22)15-23-13-24(20-8-6-19(16-33)7-9-20)37-25(36-23)21-10-4-18(5-11-21)14-31-26(34)27(28,29)30/h4-11,22-25,33H,2-3,12-17H2,1H3,(H,31,34)/t22-,23-,24+,25+/m0/s1. The molecule has 4 rings (SSSR count). The van der Waals surface area contributed by atoms with Gasteiger partial charge >= 0.3 is 0 Å². The predicted octanol–water partition coefficient (Wildman–Crippen LogP) is 4.82. The van der Waals surface area contributed by atoms with Gasteiger partial charge in [-0.1, -0.05) is 83.3 Å². The molecule has 0 radical (unpaired) electrons. The molecule has 2 fully saturated rings. The molecule has 7 nitrogen and oxygen atoms in total. The van der Waals surface area contributed by atoms with Gasteiger partial charge in [0.15, 0.2) is 6.29 Å². The monoisotopic (exact) mass is 570 g/mol. The number of nitrogens with zero attached hydrogens (tertiary/aromatic N) is 1. The molecule has 0 aromatic heterocycles. The Morgan fingerprint density at radius 3 is 2.41 bits per heavy atom. The molecule has 2 heterocycles. The van der Waals surface area contributed by atoms with Gasteiger partial charge in [-0.25, -0.2) is 0 Å². The number of aliphatic hydroxyl groups is 1. The highest BCUT2D eigenvalue weighted by molar-refractivity contribution is 6.76. The number of halogens is 3. The smallest absolute Gasteiger partial charge is 0.272 e. The van der Waals surface area contributed by atoms with Crippen LogP contribution in [0.25, 0.3) is 0 Å². The van der Waals surface area contributed by atoms with Crippen molar-refractivity contribution in [1.82, 2.24) is 10.2 Å². The summed E-state index contributed by atoms with van der Waals surface area (Å²) in [6.07, 6.45) is 2.29. The molecule has 0 spiro atoms. The largest absolute Gasteiger partial charge is 0.392 e. The maximum atomic E-state index is 11.8. The summed E-state index contributed by atoms with van der Waals surface area (Å²) < 4.78 is 16.3. The van der Waals surface area contributed by atoms with Crippen LogP contribution in [0.3, 0.4) is 0 Å². The molecule has 202 valence electrons. The summed E-state index contributed by atoms with van der Waals surface area (Å²) in [5, 5.41) is 12.0. The van der Waals surface area contributed by atoms with Crippen molar-refractivity contribution in [3.05, 3.63) is 70.8 Å². The second-order valence-corrected chi connectivity index (χ2v) is 11.8. The molecule has 2 aromatic rings. The van der Waals surface area contributed by atoms with Gasteiger partial charge in [-0.05, 0) is 36.1 Å². The summed E-state index contributed by atoms with van der Waals surface area (Å²) in [4.78, 5) is 14.3. The fraction of sp³-hybridized carbons (Fsp3) is 0.519. The van der Waals surface area contributed by atoms with Crippen LogP contribution in [0.5, 0.6) is 0 Å². The number of nitrogens with one attached hydrogen (secondary N) is 1. The first-order chi connectivity index (χ1) is 17.8. The van der Waals surface area contributed by atoms with Crippen molar-refractivity contribution < 1.29 is 24.1 Å². The van der Waals surface area contributed by atoms with E-state index in [4.69, 9.17) is 49.0 Å². The molecule has 10 heteroatoms. The van der Waals surface area contributed by atoms with Crippen molar-refractivity contribution in [1.29, 1.82) is 0 Å². The Hall–Kier alpha value is -1.42. The van der Waals surface area contributed by atoms with Gasteiger partial charge in [-0.3, -0.25) is 9.69 Å². The van der Waals surface area contributed by atoms with E-state index in [1.54, 1.807) is 7.11 Å². The zero-order valence-corrected chi connectivity index (χ0v) is 23.0. The number of likely N-dealkylation sites (tertiary alicyclic amines) is 1. The quantitative estimate of drug-likeness (QED) is 0.420. The number of hydrogen-bond acceptors (Lipinski definition) is 6. The Morgan fingerprint density at radius 1 is 1.08 bits per heavy atom. The van der Waals surface area contributed by atoms with Crippen LogP contribution in [-0.2, 0) is 32.2 Å². The van der Waals surface area contributed by atoms with Gasteiger partial charge in [-0.15, -0.1) is 0 Å². The number of carbonyl (C=O) groups excluding carboxylic acids is 1. The molecule has 0 saturated carbocycles. The average Bonchev–Trinajstić information content (AvgIpc) is 3.33. The second-order valence-electron chi connectivity index (χ2n) is 9.52. The molecule has 0 bridgehead atoms. The van der Waals surface area contributed by atoms with Crippen molar-refractivity contribution in [2.24, 2.45) is 0 Å². The zero-order chi connectivity index (χ0) is 26.4. The van der Waals surface area contributed by atoms with Crippen LogP contribution in [-0.4, -0.2) is 58.7 Å². The number of alkyl halides is 3. The van der Waals surface area contributed by atoms with Crippen LogP contribution in [0, 0.1) is 0 Å². The first-order valence-corrected chi connectivity index (χ1v) is 13.6. The van der Waals surface area contributed by atoms with Gasteiger partial charge in [0.1, 0.15) is 0 Å². The van der Waals surface area contributed by atoms with Crippen molar-refractivity contribution >= 4 is 40.7 Å². The zero-order valence-electron chi connectivity index (χ0n) is 20.7. The third-order valence-electron chi connectivity index (χ3n) is 6.87. The molecule has 37 heavy (non-hydrogen) atoms. The van der Waals surface area contributed by atoms with Crippen LogP contribution in [0.4, 0.5) is 0 Å². The molecular formula is C27H33Cl3N2O5. The van der Waals surface area contributed by atoms with Crippen molar-refractivity contribution in [2.45, 2.75) is 60.7 Å². The molecule has 2 saturated heterocycles. The Balaban J connectivity index is 1.48. The van der Waals surface area contributed by atoms with Crippen LogP contribution >= 0.6 is 34.8 Å². The highest BCUT2D eigenvalue weighted by atomic mass is 35.6. The molecule has 1 amide bonds. The van der Waals surface area contributed by atoms with E-state index in [1.165, 1.54) is 0 Å². The Kier molecular flexibility index (Phi) is 10.1. The van der Waals surface area contributed by atoms with E-state index in [0.717, 1.165) is 61.2 Å². The summed E-state index contributed by atoms with van der Waals surface area (Å²) in [7, 11) is 1.75. The lowest BCUT2D eigenvalue weighted by molar-refractivity contribution is -0.253. The maximum Gasteiger partial charge on any atom is 0.272 e. The maximum absolute atomic E-state index is 11.8. The van der Waals surface area contributed by atoms with E-state index in [1.807, 2.05) is 48.5 Å². The predicted molar refractivity (Wildman–Crippen MR) is 143 cm³/mol. The highest BCUT2D eigenvalue weighted by Gasteiger charge is 2.35. The number of hydrogen-bond donors (Lipinski definition) is 2. The summed E-state index contributed by atoms with van der Waals surface area (Å²) in [6, 6.07) is 15.9. The first kappa shape index (κ1) is 28.6. The second kappa shape index (κ2) is 13.1. The molecule has 4 atom stereocenters. The molecule has 2 N–H and O–H groups in total. The molecule has 2 aliphatic heterocycles. The Bertz CT molecular complexity index is 1020. The van der Waals surface area contributed by atoms with Gasteiger partial charge in [-0.2, -0.15) is 0 Å². The van der Waals surface area contributed by atoms with Crippen molar-refractivity contribution in [2.75, 3.05) is 26.8 Å². The van der Waals surface area contributed by atoms with E-state index >= 15 is 0 Å². The average molecular weight is 572 g/mol. The fourth-order valence-electron chi connectivity index (χ4n) is 4.89. The molecule has 2 aliphatic rings. The first-order valence-electron chi connectivity index (χ1n) is 12.4. The van der Waals surface area contributed by atoms with Gasteiger partial charge in [0, 0.05) is 38.2 Å². The van der Waals surface area contributed by atoms with E-state index in [-0.39, 0.29) is 25.4 Å². The summed E-state index contributed by atoms with van der Waals surface area (Å²) >= 11 is 16.9. The third kappa shape index (κ3) is 7.80. The minimum absolute atomic E-state index is 0.00444. The number of ether oxygens (including phenoxy) is 3. The summed E-state index contributed by atoms with van der Waals surface area (Å²) in [6.45, 7) is 2.79. The van der Waals surface area contributed by atoms with Gasteiger partial charge < -0.3 is 24.6 Å². The number of aliphatic hydroxyl groups excluding tert-OH is 1. The van der Waals surface area contributed by atoms with Crippen LogP contribution in [0.15, 0.2) is 48.5 Å². The number of carbonyl (C=O) groups is 1. The Morgan fingerprint density at radius 2 is 1.76 bits per heavy atom. The molecule has 0 aliphatic carbocycles. The number of rotatable bonds is 9. The summed E-state index contributed by atoms with van der Waals surface area (Å²) in [5.41, 5.74) is 3.65. The van der Waals surface area contributed by atoms with Crippen molar-refractivity contribution in [3.8, 4) is 0 Å². The number of amides is 1. The van der Waals surface area contributed by atoms with Gasteiger partial charge in [0.25, 0.3) is 9.70 Å². The van der Waals surface area contributed by atoms with E-state index in [0.29, 0.717) is 6.04 Å².